The number of anilines is 2. The van der Waals surface area contributed by atoms with E-state index in [-0.39, 0.29) is 17.2 Å². The zero-order chi connectivity index (χ0) is 23.5. The number of halogens is 2. The molecule has 0 unspecified atom stereocenters. The van der Waals surface area contributed by atoms with E-state index in [4.69, 9.17) is 10.5 Å². The number of benzene rings is 2. The van der Waals surface area contributed by atoms with E-state index in [2.05, 4.69) is 15.7 Å². The van der Waals surface area contributed by atoms with Gasteiger partial charge in [-0.1, -0.05) is 39.0 Å². The Morgan fingerprint density at radius 1 is 1.19 bits per heavy atom. The summed E-state index contributed by atoms with van der Waals surface area (Å²) in [6.45, 7) is 5.99. The van der Waals surface area contributed by atoms with E-state index in [1.807, 2.05) is 45.0 Å². The molecule has 1 heterocycles. The molecule has 0 aliphatic carbocycles. The van der Waals surface area contributed by atoms with Gasteiger partial charge in [0.2, 0.25) is 0 Å². The first-order valence-corrected chi connectivity index (χ1v) is 10.1. The van der Waals surface area contributed by atoms with Gasteiger partial charge in [0.1, 0.15) is 28.8 Å². The lowest BCUT2D eigenvalue weighted by Gasteiger charge is -2.18. The van der Waals surface area contributed by atoms with Gasteiger partial charge in [-0.2, -0.15) is 5.10 Å². The second kappa shape index (κ2) is 9.25. The van der Waals surface area contributed by atoms with Crippen molar-refractivity contribution in [3.8, 4) is 11.4 Å². The molecule has 2 aromatic carbocycles. The Hall–Kier alpha value is -3.62. The summed E-state index contributed by atoms with van der Waals surface area (Å²) in [5, 5.41) is 9.88. The Bertz CT molecular complexity index is 1120. The normalized spacial score (nSPS) is 11.3. The summed E-state index contributed by atoms with van der Waals surface area (Å²) in [6, 6.07) is 10.1. The van der Waals surface area contributed by atoms with Crippen molar-refractivity contribution in [3.63, 3.8) is 0 Å². The highest BCUT2D eigenvalue weighted by molar-refractivity contribution is 5.93. The number of ether oxygens (including phenoxy) is 1. The zero-order valence-corrected chi connectivity index (χ0v) is 18.5. The first-order chi connectivity index (χ1) is 15.1. The Morgan fingerprint density at radius 3 is 2.59 bits per heavy atom. The third-order valence-electron chi connectivity index (χ3n) is 4.88. The molecule has 9 heteroatoms. The van der Waals surface area contributed by atoms with Gasteiger partial charge in [-0.05, 0) is 30.2 Å². The van der Waals surface area contributed by atoms with Gasteiger partial charge in [0.05, 0.1) is 12.8 Å². The van der Waals surface area contributed by atoms with Crippen LogP contribution in [0.15, 0.2) is 42.5 Å². The van der Waals surface area contributed by atoms with E-state index in [0.717, 1.165) is 34.2 Å². The van der Waals surface area contributed by atoms with Gasteiger partial charge in [-0.15, -0.1) is 0 Å². The molecule has 0 aliphatic rings. The Labute approximate surface area is 185 Å². The maximum atomic E-state index is 14.3. The van der Waals surface area contributed by atoms with Crippen LogP contribution in [0.2, 0.25) is 0 Å². The number of nitrogens with one attached hydrogen (secondary N) is 2. The van der Waals surface area contributed by atoms with Gasteiger partial charge in [0, 0.05) is 18.0 Å². The van der Waals surface area contributed by atoms with Crippen molar-refractivity contribution >= 4 is 17.5 Å². The Balaban J connectivity index is 1.81. The Morgan fingerprint density at radius 2 is 1.91 bits per heavy atom. The molecule has 3 rings (SSSR count). The number of hydrogen-bond acceptors (Lipinski definition) is 4. The van der Waals surface area contributed by atoms with Crippen molar-refractivity contribution in [2.24, 2.45) is 0 Å². The number of nitrogens with two attached hydrogens (primary N) is 1. The number of nitrogen functional groups attached to an aromatic ring is 1. The van der Waals surface area contributed by atoms with Crippen molar-refractivity contribution in [2.75, 3.05) is 24.7 Å². The number of nitrogens with zero attached hydrogens (tertiary/aromatic N) is 2. The SMILES string of the molecule is COc1ccccc1CCNC(=O)Nc1c(C(C)(C)C)nn(-c2cc(F)ccc2F)c1N. The molecular weight excluding hydrogens is 416 g/mol. The van der Waals surface area contributed by atoms with Crippen LogP contribution in [-0.4, -0.2) is 29.5 Å². The van der Waals surface area contributed by atoms with Crippen LogP contribution in [0.1, 0.15) is 32.0 Å². The largest absolute Gasteiger partial charge is 0.496 e. The number of carbonyl (C=O) groups excluding carboxylic acids is 1. The summed E-state index contributed by atoms with van der Waals surface area (Å²) >= 11 is 0. The number of urea groups is 1. The molecule has 2 amide bonds. The lowest BCUT2D eigenvalue weighted by atomic mass is 9.91. The molecule has 32 heavy (non-hydrogen) atoms. The number of hydrogen-bond donors (Lipinski definition) is 3. The molecule has 0 spiro atoms. The average Bonchev–Trinajstić information content (AvgIpc) is 3.06. The number of rotatable bonds is 6. The highest BCUT2D eigenvalue weighted by Crippen LogP contribution is 2.35. The number of para-hydroxylation sites is 1. The van der Waals surface area contributed by atoms with Crippen LogP contribution >= 0.6 is 0 Å². The van der Waals surface area contributed by atoms with Gasteiger partial charge in [0.25, 0.3) is 0 Å². The fraction of sp³-hybridized carbons (Fsp3) is 0.304. The molecule has 4 N–H and O–H groups in total. The molecule has 7 nitrogen and oxygen atoms in total. The quantitative estimate of drug-likeness (QED) is 0.526. The highest BCUT2D eigenvalue weighted by Gasteiger charge is 2.28. The monoisotopic (exact) mass is 443 g/mol. The first kappa shape index (κ1) is 23.1. The zero-order valence-electron chi connectivity index (χ0n) is 18.5. The second-order valence-corrected chi connectivity index (χ2v) is 8.31. The highest BCUT2D eigenvalue weighted by atomic mass is 19.1. The number of aromatic nitrogens is 2. The summed E-state index contributed by atoms with van der Waals surface area (Å²) in [6.07, 6.45) is 0.562. The molecule has 0 atom stereocenters. The van der Waals surface area contributed by atoms with Gasteiger partial charge in [-0.25, -0.2) is 18.3 Å². The molecule has 170 valence electrons. The maximum absolute atomic E-state index is 14.3. The average molecular weight is 443 g/mol. The topological polar surface area (TPSA) is 94.2 Å². The summed E-state index contributed by atoms with van der Waals surface area (Å²) in [4.78, 5) is 12.6. The third kappa shape index (κ3) is 4.99. The van der Waals surface area contributed by atoms with Crippen molar-refractivity contribution in [1.29, 1.82) is 0 Å². The lowest BCUT2D eigenvalue weighted by Crippen LogP contribution is -2.31. The van der Waals surface area contributed by atoms with Gasteiger partial charge in [0.15, 0.2) is 5.82 Å². The van der Waals surface area contributed by atoms with E-state index < -0.39 is 23.1 Å². The molecule has 0 saturated carbocycles. The standard InChI is InChI=1S/C23H27F2N5O2/c1-23(2,3)20-19(21(26)30(29-20)17-13-15(24)9-10-16(17)25)28-22(31)27-12-11-14-7-5-6-8-18(14)32-4/h5-10,13H,11-12,26H2,1-4H3,(H2,27,28,31). The first-order valence-electron chi connectivity index (χ1n) is 10.1. The third-order valence-corrected chi connectivity index (χ3v) is 4.88. The van der Waals surface area contributed by atoms with Crippen molar-refractivity contribution < 1.29 is 18.3 Å². The smallest absolute Gasteiger partial charge is 0.319 e. The maximum Gasteiger partial charge on any atom is 0.319 e. The fourth-order valence-corrected chi connectivity index (χ4v) is 3.29. The summed E-state index contributed by atoms with van der Waals surface area (Å²) in [5.74, 6) is -0.572. The van der Waals surface area contributed by atoms with Crippen LogP contribution in [0.4, 0.5) is 25.1 Å². The minimum atomic E-state index is -0.686. The molecule has 0 fully saturated rings. The van der Waals surface area contributed by atoms with Gasteiger partial charge in [-0.3, -0.25) is 0 Å². The van der Waals surface area contributed by atoms with E-state index in [9.17, 15) is 13.6 Å². The number of amides is 2. The molecular formula is C23H27F2N5O2. The molecule has 0 saturated heterocycles. The van der Waals surface area contributed by atoms with Crippen LogP contribution in [0.3, 0.4) is 0 Å². The van der Waals surface area contributed by atoms with Gasteiger partial charge >= 0.3 is 6.03 Å². The Kier molecular flexibility index (Phi) is 6.67. The van der Waals surface area contributed by atoms with Crippen molar-refractivity contribution in [1.82, 2.24) is 15.1 Å². The number of carbonyl (C=O) groups is 1. The van der Waals surface area contributed by atoms with Gasteiger partial charge < -0.3 is 21.1 Å². The summed E-state index contributed by atoms with van der Waals surface area (Å²) in [7, 11) is 1.59. The van der Waals surface area contributed by atoms with E-state index in [1.165, 1.54) is 0 Å². The second-order valence-electron chi connectivity index (χ2n) is 8.31. The minimum absolute atomic E-state index is 0.000645. The predicted molar refractivity (Wildman–Crippen MR) is 120 cm³/mol. The molecule has 0 aliphatic heterocycles. The minimum Gasteiger partial charge on any atom is -0.496 e. The fourth-order valence-electron chi connectivity index (χ4n) is 3.29. The molecule has 3 aromatic rings. The van der Waals surface area contributed by atoms with Crippen LogP contribution < -0.4 is 21.1 Å². The molecule has 1 aromatic heterocycles. The van der Waals surface area contributed by atoms with Crippen LogP contribution in [0.5, 0.6) is 5.75 Å². The van der Waals surface area contributed by atoms with Crippen LogP contribution in [-0.2, 0) is 11.8 Å². The lowest BCUT2D eigenvalue weighted by molar-refractivity contribution is 0.252. The van der Waals surface area contributed by atoms with Crippen LogP contribution in [0, 0.1) is 11.6 Å². The van der Waals surface area contributed by atoms with E-state index in [0.29, 0.717) is 18.7 Å². The summed E-state index contributed by atoms with van der Waals surface area (Å²) in [5.41, 5.74) is 7.19. The predicted octanol–water partition coefficient (Wildman–Crippen LogP) is 4.40. The molecule has 0 bridgehead atoms. The van der Waals surface area contributed by atoms with Crippen molar-refractivity contribution in [2.45, 2.75) is 32.6 Å². The van der Waals surface area contributed by atoms with E-state index in [1.54, 1.807) is 7.11 Å². The van der Waals surface area contributed by atoms with E-state index >= 15 is 0 Å². The summed E-state index contributed by atoms with van der Waals surface area (Å²) < 4.78 is 34.5. The number of methoxy groups -OCH3 is 1. The van der Waals surface area contributed by atoms with Crippen molar-refractivity contribution in [3.05, 3.63) is 65.4 Å². The van der Waals surface area contributed by atoms with Crippen LogP contribution in [0.25, 0.3) is 5.69 Å². The molecule has 0 radical (unpaired) electrons.